The molecule has 166 valence electrons. The van der Waals surface area contributed by atoms with Crippen molar-refractivity contribution in [1.82, 2.24) is 14.9 Å². The lowest BCUT2D eigenvalue weighted by molar-refractivity contribution is 0.102. The molecule has 32 heavy (non-hydrogen) atoms. The van der Waals surface area contributed by atoms with Crippen LogP contribution in [0.5, 0.6) is 0 Å². The number of sulfonamides is 1. The first-order valence-corrected chi connectivity index (χ1v) is 11.5. The van der Waals surface area contributed by atoms with Gasteiger partial charge in [-0.1, -0.05) is 0 Å². The number of halogens is 1. The van der Waals surface area contributed by atoms with Crippen LogP contribution in [0, 0.1) is 19.7 Å². The number of benzene rings is 2. The Balaban J connectivity index is 1.59. The zero-order valence-corrected chi connectivity index (χ0v) is 18.7. The van der Waals surface area contributed by atoms with Gasteiger partial charge in [0.25, 0.3) is 15.9 Å². The summed E-state index contributed by atoms with van der Waals surface area (Å²) in [6, 6.07) is 8.02. The van der Waals surface area contributed by atoms with E-state index in [9.17, 15) is 17.6 Å². The minimum Gasteiger partial charge on any atom is -0.362 e. The number of carbonyl (C=O) groups is 1. The predicted octanol–water partition coefficient (Wildman–Crippen LogP) is 3.45. The van der Waals surface area contributed by atoms with Crippen molar-refractivity contribution in [2.24, 2.45) is 4.40 Å². The Labute approximate surface area is 185 Å². The highest BCUT2D eigenvalue weighted by Gasteiger charge is 2.21. The lowest BCUT2D eigenvalue weighted by Crippen LogP contribution is -2.20. The molecule has 10 heteroatoms. The maximum Gasteiger partial charge on any atom is 0.283 e. The normalized spacial score (nSPS) is 15.5. The van der Waals surface area contributed by atoms with Gasteiger partial charge in [-0.05, 0) is 50.6 Å². The van der Waals surface area contributed by atoms with Gasteiger partial charge >= 0.3 is 0 Å². The van der Waals surface area contributed by atoms with Crippen molar-refractivity contribution in [2.45, 2.75) is 31.6 Å². The third-order valence-corrected chi connectivity index (χ3v) is 6.68. The molecule has 1 aromatic heterocycles. The van der Waals surface area contributed by atoms with E-state index in [4.69, 9.17) is 0 Å². The Morgan fingerprint density at radius 1 is 1.12 bits per heavy atom. The van der Waals surface area contributed by atoms with Crippen LogP contribution in [0.4, 0.5) is 10.1 Å². The van der Waals surface area contributed by atoms with Crippen molar-refractivity contribution in [1.29, 1.82) is 0 Å². The number of nitrogens with one attached hydrogen (secondary N) is 1. The minimum absolute atomic E-state index is 0.0245. The quantitative estimate of drug-likeness (QED) is 0.646. The molecular weight excluding hydrogens is 433 g/mol. The number of hydrogen-bond acceptors (Lipinski definition) is 5. The minimum atomic E-state index is -3.85. The van der Waals surface area contributed by atoms with Gasteiger partial charge < -0.3 is 10.2 Å². The zero-order valence-electron chi connectivity index (χ0n) is 17.9. The van der Waals surface area contributed by atoms with Crippen molar-refractivity contribution in [2.75, 3.05) is 18.9 Å². The summed E-state index contributed by atoms with van der Waals surface area (Å²) in [5.41, 5.74) is 2.27. The Kier molecular flexibility index (Phi) is 5.64. The number of aryl methyl sites for hydroxylation is 2. The van der Waals surface area contributed by atoms with Gasteiger partial charge in [0, 0.05) is 31.8 Å². The first kappa shape index (κ1) is 21.8. The molecule has 1 saturated heterocycles. The average molecular weight is 456 g/mol. The van der Waals surface area contributed by atoms with E-state index in [-0.39, 0.29) is 16.0 Å². The molecule has 3 aromatic rings. The third-order valence-electron chi connectivity index (χ3n) is 5.36. The van der Waals surface area contributed by atoms with Crippen LogP contribution >= 0.6 is 0 Å². The molecule has 0 atom stereocenters. The summed E-state index contributed by atoms with van der Waals surface area (Å²) in [4.78, 5) is 23.4. The summed E-state index contributed by atoms with van der Waals surface area (Å²) in [6.07, 6.45) is 1.49. The summed E-state index contributed by atoms with van der Waals surface area (Å²) < 4.78 is 43.2. The number of nitrogens with zero attached hydrogens (tertiary/aromatic N) is 4. The number of amides is 1. The van der Waals surface area contributed by atoms with Crippen LogP contribution in [0.2, 0.25) is 0 Å². The van der Waals surface area contributed by atoms with Crippen molar-refractivity contribution in [3.8, 4) is 0 Å². The molecule has 1 aliphatic rings. The molecule has 0 spiro atoms. The molecule has 8 nitrogen and oxygen atoms in total. The van der Waals surface area contributed by atoms with E-state index < -0.39 is 21.7 Å². The molecule has 2 heterocycles. The van der Waals surface area contributed by atoms with Crippen molar-refractivity contribution in [3.63, 3.8) is 0 Å². The van der Waals surface area contributed by atoms with Gasteiger partial charge in [-0.3, -0.25) is 4.79 Å². The number of amidine groups is 1. The van der Waals surface area contributed by atoms with Gasteiger partial charge in [0.1, 0.15) is 17.2 Å². The predicted molar refractivity (Wildman–Crippen MR) is 120 cm³/mol. The zero-order chi connectivity index (χ0) is 23.0. The number of carbonyl (C=O) groups excluding carboxylic acids is 1. The Hall–Kier alpha value is -3.40. The number of fused-ring (bicyclic) bond motifs is 1. The monoisotopic (exact) mass is 455 g/mol. The van der Waals surface area contributed by atoms with Gasteiger partial charge in [0.05, 0.1) is 27.4 Å². The van der Waals surface area contributed by atoms with E-state index in [1.165, 1.54) is 30.3 Å². The van der Waals surface area contributed by atoms with Gasteiger partial charge in [-0.2, -0.15) is 8.42 Å². The first-order chi connectivity index (χ1) is 15.1. The molecule has 1 fully saturated rings. The van der Waals surface area contributed by atoms with Crippen LogP contribution in [-0.2, 0) is 10.0 Å². The molecule has 0 radical (unpaired) electrons. The fraction of sp³-hybridized carbons (Fsp3) is 0.273. The highest BCUT2D eigenvalue weighted by atomic mass is 32.2. The first-order valence-electron chi connectivity index (χ1n) is 10.0. The Morgan fingerprint density at radius 3 is 2.47 bits per heavy atom. The fourth-order valence-electron chi connectivity index (χ4n) is 3.48. The number of anilines is 1. The van der Waals surface area contributed by atoms with Crippen LogP contribution in [0.15, 0.2) is 45.7 Å². The number of rotatable bonds is 4. The largest absolute Gasteiger partial charge is 0.362 e. The molecule has 0 unspecified atom stereocenters. The maximum absolute atomic E-state index is 14.1. The van der Waals surface area contributed by atoms with Gasteiger partial charge in [-0.15, -0.1) is 4.40 Å². The van der Waals surface area contributed by atoms with Crippen molar-refractivity contribution >= 4 is 38.5 Å². The second kappa shape index (κ2) is 8.27. The SMILES string of the molecule is Cc1nc2cc(F)cc(C(=O)Nc3ccc(S(=O)(=O)/N=C4/CCCN4C)cc3)c2nc1C. The standard InChI is InChI=1S/C22H22FN5O3S/c1-13-14(2)25-21-18(11-15(23)12-19(21)24-13)22(29)26-16-6-8-17(9-7-16)32(30,31)27-20-5-4-10-28(20)3/h6-9,11-12H,4-5,10H2,1-3H3,(H,26,29)/b27-20-. The Bertz CT molecular complexity index is 1350. The van der Waals surface area contributed by atoms with E-state index in [2.05, 4.69) is 19.7 Å². The van der Waals surface area contributed by atoms with Crippen LogP contribution in [0.3, 0.4) is 0 Å². The lowest BCUT2D eigenvalue weighted by Gasteiger charge is -2.11. The van der Waals surface area contributed by atoms with Crippen LogP contribution in [0.1, 0.15) is 34.6 Å². The number of aromatic nitrogens is 2. The molecule has 0 bridgehead atoms. The molecular formula is C22H22FN5O3S. The lowest BCUT2D eigenvalue weighted by atomic mass is 10.1. The second-order valence-electron chi connectivity index (χ2n) is 7.70. The van der Waals surface area contributed by atoms with Crippen molar-refractivity contribution < 1.29 is 17.6 Å². The summed E-state index contributed by atoms with van der Waals surface area (Å²) in [7, 11) is -2.04. The van der Waals surface area contributed by atoms with E-state index >= 15 is 0 Å². The van der Waals surface area contributed by atoms with E-state index in [1.807, 2.05) is 11.9 Å². The third kappa shape index (κ3) is 4.31. The van der Waals surface area contributed by atoms with E-state index in [0.717, 1.165) is 19.0 Å². The molecule has 4 rings (SSSR count). The molecule has 0 aliphatic carbocycles. The van der Waals surface area contributed by atoms with Crippen LogP contribution in [-0.4, -0.2) is 48.6 Å². The second-order valence-corrected chi connectivity index (χ2v) is 9.31. The van der Waals surface area contributed by atoms with Crippen molar-refractivity contribution in [3.05, 3.63) is 59.2 Å². The summed E-state index contributed by atoms with van der Waals surface area (Å²) in [5.74, 6) is -0.639. The molecule has 0 saturated carbocycles. The molecule has 2 aromatic carbocycles. The van der Waals surface area contributed by atoms with Crippen LogP contribution in [0.25, 0.3) is 11.0 Å². The molecule has 1 aliphatic heterocycles. The maximum atomic E-state index is 14.1. The topological polar surface area (TPSA) is 105 Å². The van der Waals surface area contributed by atoms with Crippen LogP contribution < -0.4 is 5.32 Å². The van der Waals surface area contributed by atoms with Gasteiger partial charge in [0.15, 0.2) is 0 Å². The fourth-order valence-corrected chi connectivity index (χ4v) is 4.57. The Morgan fingerprint density at radius 2 is 1.81 bits per heavy atom. The summed E-state index contributed by atoms with van der Waals surface area (Å²) in [5, 5.41) is 2.66. The summed E-state index contributed by atoms with van der Waals surface area (Å²) >= 11 is 0. The van der Waals surface area contributed by atoms with Gasteiger partial charge in [0.2, 0.25) is 0 Å². The number of hydrogen-bond donors (Lipinski definition) is 1. The smallest absolute Gasteiger partial charge is 0.283 e. The highest BCUT2D eigenvalue weighted by Crippen LogP contribution is 2.22. The van der Waals surface area contributed by atoms with E-state index in [1.54, 1.807) is 13.8 Å². The molecule has 1 N–H and O–H groups in total. The highest BCUT2D eigenvalue weighted by molar-refractivity contribution is 7.90. The van der Waals surface area contributed by atoms with E-state index in [0.29, 0.717) is 34.8 Å². The van der Waals surface area contributed by atoms with Gasteiger partial charge in [-0.25, -0.2) is 14.4 Å². The number of likely N-dealkylation sites (tertiary alicyclic amines) is 1. The average Bonchev–Trinajstić information content (AvgIpc) is 3.13. The summed E-state index contributed by atoms with van der Waals surface area (Å²) in [6.45, 7) is 4.30. The molecule has 1 amide bonds.